The van der Waals surface area contributed by atoms with Crippen molar-refractivity contribution < 1.29 is 18.3 Å². The Balaban J connectivity index is 2.00. The molecule has 0 bridgehead atoms. The van der Waals surface area contributed by atoms with E-state index in [0.717, 1.165) is 17.0 Å². The van der Waals surface area contributed by atoms with Crippen LogP contribution in [0.1, 0.15) is 21.4 Å². The largest absolute Gasteiger partial charge is 0.442 e. The van der Waals surface area contributed by atoms with Crippen molar-refractivity contribution in [3.63, 3.8) is 0 Å². The predicted octanol–water partition coefficient (Wildman–Crippen LogP) is 3.93. The van der Waals surface area contributed by atoms with E-state index in [-0.39, 0.29) is 11.1 Å². The molecule has 0 N–H and O–H groups in total. The lowest BCUT2D eigenvalue weighted by Gasteiger charge is -2.10. The van der Waals surface area contributed by atoms with Gasteiger partial charge in [0.15, 0.2) is 5.44 Å². The number of carbonyl (C=O) groups excluding carboxylic acids is 1. The molecule has 3 rings (SSSR count). The van der Waals surface area contributed by atoms with Crippen LogP contribution in [0.2, 0.25) is 0 Å². The quantitative estimate of drug-likeness (QED) is 0.779. The van der Waals surface area contributed by atoms with Crippen LogP contribution in [-0.2, 0) is 4.74 Å². The van der Waals surface area contributed by atoms with Crippen LogP contribution < -0.4 is 0 Å². The summed E-state index contributed by atoms with van der Waals surface area (Å²) < 4.78 is 32.4. The number of ether oxygens (including phenoxy) is 1. The molecule has 19 heavy (non-hydrogen) atoms. The lowest BCUT2D eigenvalue weighted by Crippen LogP contribution is -1.98. The standard InChI is InChI=1S/C14H8F2O2S/c15-9-6-7-10(16)12-11(9)13(17)18-14(12)19-8-4-2-1-3-5-8/h1-7,14H. The molecule has 1 unspecified atom stereocenters. The van der Waals surface area contributed by atoms with E-state index in [4.69, 9.17) is 4.74 Å². The maximum atomic E-state index is 13.8. The zero-order chi connectivity index (χ0) is 13.4. The minimum absolute atomic E-state index is 0.0150. The monoisotopic (exact) mass is 278 g/mol. The predicted molar refractivity (Wildman–Crippen MR) is 66.8 cm³/mol. The Kier molecular flexibility index (Phi) is 2.98. The lowest BCUT2D eigenvalue weighted by atomic mass is 10.1. The van der Waals surface area contributed by atoms with Gasteiger partial charge in [0.25, 0.3) is 0 Å². The maximum Gasteiger partial charge on any atom is 0.343 e. The van der Waals surface area contributed by atoms with E-state index in [0.29, 0.717) is 0 Å². The molecule has 0 saturated carbocycles. The van der Waals surface area contributed by atoms with Gasteiger partial charge in [0.1, 0.15) is 17.2 Å². The number of thioether (sulfide) groups is 1. The van der Waals surface area contributed by atoms with E-state index in [2.05, 4.69) is 0 Å². The van der Waals surface area contributed by atoms with E-state index in [1.54, 1.807) is 0 Å². The Morgan fingerprint density at radius 2 is 1.68 bits per heavy atom. The SMILES string of the molecule is O=C1OC(Sc2ccccc2)c2c(F)ccc(F)c21. The number of cyclic esters (lactones) is 1. The highest BCUT2D eigenvalue weighted by atomic mass is 32.2. The van der Waals surface area contributed by atoms with Gasteiger partial charge in [-0.05, 0) is 24.3 Å². The molecule has 0 aromatic heterocycles. The first kappa shape index (κ1) is 12.2. The smallest absolute Gasteiger partial charge is 0.343 e. The normalized spacial score (nSPS) is 17.2. The van der Waals surface area contributed by atoms with Crippen LogP contribution in [0, 0.1) is 11.6 Å². The number of fused-ring (bicyclic) bond motifs is 1. The summed E-state index contributed by atoms with van der Waals surface area (Å²) in [6.07, 6.45) is 0. The molecule has 1 aliphatic rings. The Morgan fingerprint density at radius 3 is 2.42 bits per heavy atom. The molecule has 96 valence electrons. The molecule has 0 fully saturated rings. The average molecular weight is 278 g/mol. The van der Waals surface area contributed by atoms with Gasteiger partial charge in [-0.25, -0.2) is 13.6 Å². The molecule has 1 heterocycles. The molecule has 2 aromatic carbocycles. The van der Waals surface area contributed by atoms with Gasteiger partial charge in [0.05, 0.1) is 5.56 Å². The maximum absolute atomic E-state index is 13.8. The van der Waals surface area contributed by atoms with Gasteiger partial charge in [-0.1, -0.05) is 30.0 Å². The van der Waals surface area contributed by atoms with Crippen molar-refractivity contribution in [2.75, 3.05) is 0 Å². The van der Waals surface area contributed by atoms with Crippen LogP contribution in [0.3, 0.4) is 0 Å². The minimum Gasteiger partial charge on any atom is -0.442 e. The van der Waals surface area contributed by atoms with Crippen LogP contribution in [0.4, 0.5) is 8.78 Å². The lowest BCUT2D eigenvalue weighted by molar-refractivity contribution is 0.0517. The fourth-order valence-electron chi connectivity index (χ4n) is 1.93. The van der Waals surface area contributed by atoms with Crippen LogP contribution in [0.25, 0.3) is 0 Å². The van der Waals surface area contributed by atoms with E-state index in [1.807, 2.05) is 30.3 Å². The number of benzene rings is 2. The molecule has 0 radical (unpaired) electrons. The van der Waals surface area contributed by atoms with Gasteiger partial charge in [0.2, 0.25) is 0 Å². The fourth-order valence-corrected chi connectivity index (χ4v) is 2.97. The molecule has 5 heteroatoms. The number of esters is 1. The summed E-state index contributed by atoms with van der Waals surface area (Å²) in [7, 11) is 0. The van der Waals surface area contributed by atoms with E-state index < -0.39 is 23.0 Å². The molecule has 2 nitrogen and oxygen atoms in total. The van der Waals surface area contributed by atoms with Crippen molar-refractivity contribution in [2.24, 2.45) is 0 Å². The summed E-state index contributed by atoms with van der Waals surface area (Å²) in [5.74, 6) is -2.20. The topological polar surface area (TPSA) is 26.3 Å². The number of carbonyl (C=O) groups is 1. The van der Waals surface area contributed by atoms with E-state index in [1.165, 1.54) is 11.8 Å². The summed E-state index contributed by atoms with van der Waals surface area (Å²) >= 11 is 1.17. The average Bonchev–Trinajstić information content (AvgIpc) is 2.73. The summed E-state index contributed by atoms with van der Waals surface area (Å²) in [6, 6.07) is 11.1. The third kappa shape index (κ3) is 2.10. The Hall–Kier alpha value is -1.88. The Bertz CT molecular complexity index is 643. The van der Waals surface area contributed by atoms with Gasteiger partial charge in [-0.15, -0.1) is 0 Å². The molecule has 0 aliphatic carbocycles. The summed E-state index contributed by atoms with van der Waals surface area (Å²) in [5.41, 5.74) is -1.16. The summed E-state index contributed by atoms with van der Waals surface area (Å²) in [4.78, 5) is 12.4. The molecular weight excluding hydrogens is 270 g/mol. The van der Waals surface area contributed by atoms with Crippen molar-refractivity contribution >= 4 is 17.7 Å². The first-order valence-corrected chi connectivity index (χ1v) is 6.45. The van der Waals surface area contributed by atoms with Gasteiger partial charge in [-0.2, -0.15) is 0 Å². The molecule has 0 amide bonds. The molecule has 2 aromatic rings. The van der Waals surface area contributed by atoms with Crippen LogP contribution >= 0.6 is 11.8 Å². The van der Waals surface area contributed by atoms with Crippen molar-refractivity contribution in [1.82, 2.24) is 0 Å². The number of hydrogen-bond donors (Lipinski definition) is 0. The third-order valence-electron chi connectivity index (χ3n) is 2.78. The second kappa shape index (κ2) is 4.66. The van der Waals surface area contributed by atoms with Gasteiger partial charge in [0, 0.05) is 4.90 Å². The summed E-state index contributed by atoms with van der Waals surface area (Å²) in [5, 5.41) is 0. The Labute approximate surface area is 112 Å². The Morgan fingerprint density at radius 1 is 1.00 bits per heavy atom. The highest BCUT2D eigenvalue weighted by molar-refractivity contribution is 7.99. The first-order chi connectivity index (χ1) is 9.16. The molecule has 1 aliphatic heterocycles. The van der Waals surface area contributed by atoms with E-state index >= 15 is 0 Å². The van der Waals surface area contributed by atoms with Gasteiger partial charge < -0.3 is 4.74 Å². The van der Waals surface area contributed by atoms with Crippen LogP contribution in [0.15, 0.2) is 47.4 Å². The summed E-state index contributed by atoms with van der Waals surface area (Å²) in [6.45, 7) is 0. The van der Waals surface area contributed by atoms with E-state index in [9.17, 15) is 13.6 Å². The zero-order valence-corrected chi connectivity index (χ0v) is 10.4. The second-order valence-electron chi connectivity index (χ2n) is 3.99. The van der Waals surface area contributed by atoms with Crippen LogP contribution in [0.5, 0.6) is 0 Å². The van der Waals surface area contributed by atoms with Crippen molar-refractivity contribution in [2.45, 2.75) is 10.3 Å². The van der Waals surface area contributed by atoms with Crippen molar-refractivity contribution in [3.8, 4) is 0 Å². The molecular formula is C14H8F2O2S. The zero-order valence-electron chi connectivity index (χ0n) is 9.60. The molecule has 1 atom stereocenters. The van der Waals surface area contributed by atoms with Crippen LogP contribution in [-0.4, -0.2) is 5.97 Å². The van der Waals surface area contributed by atoms with Gasteiger partial charge in [-0.3, -0.25) is 0 Å². The second-order valence-corrected chi connectivity index (χ2v) is 5.12. The third-order valence-corrected chi connectivity index (χ3v) is 3.87. The number of rotatable bonds is 2. The van der Waals surface area contributed by atoms with Gasteiger partial charge >= 0.3 is 5.97 Å². The number of hydrogen-bond acceptors (Lipinski definition) is 3. The first-order valence-electron chi connectivity index (χ1n) is 5.57. The highest BCUT2D eigenvalue weighted by Gasteiger charge is 2.37. The number of halogens is 2. The highest BCUT2D eigenvalue weighted by Crippen LogP contribution is 2.44. The van der Waals surface area contributed by atoms with Crippen molar-refractivity contribution in [1.29, 1.82) is 0 Å². The minimum atomic E-state index is -0.847. The molecule has 0 saturated heterocycles. The molecule has 0 spiro atoms. The van der Waals surface area contributed by atoms with Crippen molar-refractivity contribution in [3.05, 3.63) is 65.2 Å². The fraction of sp³-hybridized carbons (Fsp3) is 0.0714.